The van der Waals surface area contributed by atoms with E-state index in [2.05, 4.69) is 76.4 Å². The number of alkyl halides is 1. The number of rotatable bonds is 5. The maximum Gasteiger partial charge on any atom is 0.192 e. The van der Waals surface area contributed by atoms with E-state index < -0.39 is 23.4 Å². The van der Waals surface area contributed by atoms with Crippen LogP contribution in [0.15, 0.2) is 22.8 Å². The standard InChI is InChI=1S/C28H47IO3SSi/c1-19(17-29)24-12-13-25-20(9-8-14-28(24,25)5)15-26-23-16-22(32-34(6,7)27(2,3)4)11-10-21(23)18-33(26,30)31/h15,19,22,24-26H,8-14,16-18H2,1-7H3/b20-15+/t19-,22+,24-,25-,26-,28-/m1/s1. The molecule has 3 aliphatic carbocycles. The molecule has 0 N–H and O–H groups in total. The van der Waals surface area contributed by atoms with Gasteiger partial charge in [-0.2, -0.15) is 0 Å². The minimum absolute atomic E-state index is 0.172. The van der Waals surface area contributed by atoms with Gasteiger partial charge in [0.2, 0.25) is 0 Å². The van der Waals surface area contributed by atoms with Gasteiger partial charge in [0.1, 0.15) is 5.25 Å². The van der Waals surface area contributed by atoms with Crippen molar-refractivity contribution in [3.63, 3.8) is 0 Å². The zero-order chi connectivity index (χ0) is 25.1. The Labute approximate surface area is 224 Å². The molecule has 0 spiro atoms. The van der Waals surface area contributed by atoms with Crippen LogP contribution in [0.2, 0.25) is 18.1 Å². The molecule has 0 unspecified atom stereocenters. The highest BCUT2D eigenvalue weighted by atomic mass is 127. The molecule has 6 heteroatoms. The fourth-order valence-corrected chi connectivity index (χ4v) is 11.5. The van der Waals surface area contributed by atoms with Crippen LogP contribution in [0.1, 0.15) is 86.0 Å². The van der Waals surface area contributed by atoms with E-state index in [-0.39, 0.29) is 16.9 Å². The smallest absolute Gasteiger partial charge is 0.192 e. The van der Waals surface area contributed by atoms with Crippen molar-refractivity contribution in [1.82, 2.24) is 0 Å². The lowest BCUT2D eigenvalue weighted by atomic mass is 9.61. The molecule has 0 saturated heterocycles. The van der Waals surface area contributed by atoms with Gasteiger partial charge in [0.05, 0.1) is 5.75 Å². The molecule has 0 bridgehead atoms. The van der Waals surface area contributed by atoms with Crippen LogP contribution in [0.3, 0.4) is 0 Å². The molecule has 4 rings (SSSR count). The second-order valence-electron chi connectivity index (χ2n) is 13.6. The van der Waals surface area contributed by atoms with E-state index in [4.69, 9.17) is 4.43 Å². The molecule has 4 aliphatic rings. The average Bonchev–Trinajstić information content (AvgIpc) is 3.20. The molecule has 2 saturated carbocycles. The van der Waals surface area contributed by atoms with Crippen molar-refractivity contribution < 1.29 is 12.8 Å². The maximum atomic E-state index is 13.4. The quantitative estimate of drug-likeness (QED) is 0.136. The first kappa shape index (κ1) is 27.4. The highest BCUT2D eigenvalue weighted by molar-refractivity contribution is 14.1. The van der Waals surface area contributed by atoms with Crippen molar-refractivity contribution in [2.75, 3.05) is 10.2 Å². The number of halogens is 1. The summed E-state index contributed by atoms with van der Waals surface area (Å²) in [5.74, 6) is 2.36. The van der Waals surface area contributed by atoms with Crippen LogP contribution in [0.5, 0.6) is 0 Å². The Bertz CT molecular complexity index is 961. The molecule has 1 aliphatic heterocycles. The third-order valence-corrected chi connectivity index (χ3v) is 18.2. The Kier molecular flexibility index (Phi) is 7.71. The van der Waals surface area contributed by atoms with E-state index in [0.717, 1.165) is 37.5 Å². The van der Waals surface area contributed by atoms with Crippen molar-refractivity contribution in [3.05, 3.63) is 22.8 Å². The summed E-state index contributed by atoms with van der Waals surface area (Å²) in [7, 11) is -5.02. The van der Waals surface area contributed by atoms with Gasteiger partial charge in [-0.3, -0.25) is 0 Å². The van der Waals surface area contributed by atoms with Gasteiger partial charge in [-0.05, 0) is 98.2 Å². The molecule has 194 valence electrons. The van der Waals surface area contributed by atoms with Crippen LogP contribution in [-0.4, -0.2) is 38.3 Å². The number of allylic oxidation sites excluding steroid dienone is 1. The number of hydrogen-bond donors (Lipinski definition) is 0. The van der Waals surface area contributed by atoms with E-state index in [9.17, 15) is 8.42 Å². The molecule has 0 aromatic carbocycles. The summed E-state index contributed by atoms with van der Waals surface area (Å²) in [5.41, 5.74) is 4.21. The minimum atomic E-state index is -3.14. The molecule has 34 heavy (non-hydrogen) atoms. The molecule has 0 aromatic heterocycles. The molecule has 1 heterocycles. The highest BCUT2D eigenvalue weighted by Crippen LogP contribution is 2.60. The fourth-order valence-electron chi connectivity index (χ4n) is 7.43. The van der Waals surface area contributed by atoms with Crippen LogP contribution in [0.4, 0.5) is 0 Å². The summed E-state index contributed by atoms with van der Waals surface area (Å²) in [5, 5.41) is -0.224. The van der Waals surface area contributed by atoms with Crippen molar-refractivity contribution in [2.45, 2.75) is 115 Å². The van der Waals surface area contributed by atoms with E-state index in [1.165, 1.54) is 46.8 Å². The lowest BCUT2D eigenvalue weighted by Crippen LogP contribution is -2.44. The topological polar surface area (TPSA) is 43.4 Å². The predicted octanol–water partition coefficient (Wildman–Crippen LogP) is 7.87. The van der Waals surface area contributed by atoms with Gasteiger partial charge in [0, 0.05) is 10.5 Å². The van der Waals surface area contributed by atoms with E-state index in [1.807, 2.05) is 0 Å². The van der Waals surface area contributed by atoms with Gasteiger partial charge in [0.25, 0.3) is 0 Å². The lowest BCUT2D eigenvalue weighted by molar-refractivity contribution is 0.106. The van der Waals surface area contributed by atoms with Crippen LogP contribution in [0.25, 0.3) is 0 Å². The van der Waals surface area contributed by atoms with Gasteiger partial charge in [-0.15, -0.1) is 0 Å². The van der Waals surface area contributed by atoms with Gasteiger partial charge in [-0.25, -0.2) is 8.42 Å². The van der Waals surface area contributed by atoms with Crippen molar-refractivity contribution in [2.24, 2.45) is 23.2 Å². The average molecular weight is 619 g/mol. The van der Waals surface area contributed by atoms with Gasteiger partial charge < -0.3 is 4.43 Å². The molecule has 6 atom stereocenters. The lowest BCUT2D eigenvalue weighted by Gasteiger charge is -2.44. The first-order valence-electron chi connectivity index (χ1n) is 13.6. The zero-order valence-corrected chi connectivity index (χ0v) is 26.5. The SMILES string of the molecule is C[C@H](CI)[C@H]1CC[C@@H]2/C(=C/[C@@H]3C4=C(CC[C@H](O[Si](C)(C)C(C)(C)C)C4)CS3(=O)=O)CCC[C@@]21C. The Morgan fingerprint density at radius 2 is 1.91 bits per heavy atom. The molecule has 2 fully saturated rings. The highest BCUT2D eigenvalue weighted by Gasteiger charge is 2.51. The second kappa shape index (κ2) is 9.58. The fraction of sp³-hybridized carbons (Fsp3) is 0.857. The Morgan fingerprint density at radius 3 is 2.56 bits per heavy atom. The molecule has 0 amide bonds. The van der Waals surface area contributed by atoms with Crippen LogP contribution in [-0.2, 0) is 14.3 Å². The van der Waals surface area contributed by atoms with Gasteiger partial charge in [-0.1, -0.05) is 74.4 Å². The molecule has 0 radical (unpaired) electrons. The summed E-state index contributed by atoms with van der Waals surface area (Å²) in [6.07, 6.45) is 11.2. The van der Waals surface area contributed by atoms with E-state index in [1.54, 1.807) is 0 Å². The van der Waals surface area contributed by atoms with E-state index >= 15 is 0 Å². The van der Waals surface area contributed by atoms with Crippen molar-refractivity contribution >= 4 is 40.7 Å². The number of hydrogen-bond acceptors (Lipinski definition) is 3. The van der Waals surface area contributed by atoms with Crippen LogP contribution < -0.4 is 0 Å². The predicted molar refractivity (Wildman–Crippen MR) is 155 cm³/mol. The third kappa shape index (κ3) is 4.92. The Morgan fingerprint density at radius 1 is 1.21 bits per heavy atom. The molecule has 3 nitrogen and oxygen atoms in total. The zero-order valence-electron chi connectivity index (χ0n) is 22.5. The Hall–Kier alpha value is 0.337. The Balaban J connectivity index is 1.59. The summed E-state index contributed by atoms with van der Waals surface area (Å²) in [6.45, 7) is 16.4. The monoisotopic (exact) mass is 618 g/mol. The summed E-state index contributed by atoms with van der Waals surface area (Å²) >= 11 is 2.55. The van der Waals surface area contributed by atoms with Crippen LogP contribution >= 0.6 is 22.6 Å². The summed E-state index contributed by atoms with van der Waals surface area (Å²) in [4.78, 5) is 0. The van der Waals surface area contributed by atoms with Crippen LogP contribution in [0, 0.1) is 23.2 Å². The second-order valence-corrected chi connectivity index (χ2v) is 21.3. The maximum absolute atomic E-state index is 13.4. The molecular weight excluding hydrogens is 571 g/mol. The van der Waals surface area contributed by atoms with E-state index in [0.29, 0.717) is 11.3 Å². The van der Waals surface area contributed by atoms with Gasteiger partial charge in [0.15, 0.2) is 18.2 Å². The molecule has 0 aromatic rings. The van der Waals surface area contributed by atoms with Crippen molar-refractivity contribution in [3.8, 4) is 0 Å². The normalized spacial score (nSPS) is 38.2. The summed E-state index contributed by atoms with van der Waals surface area (Å²) < 4.78 is 34.8. The first-order valence-corrected chi connectivity index (χ1v) is 19.7. The summed E-state index contributed by atoms with van der Waals surface area (Å²) in [6, 6.07) is 0. The minimum Gasteiger partial charge on any atom is -0.414 e. The van der Waals surface area contributed by atoms with Gasteiger partial charge >= 0.3 is 0 Å². The number of sulfone groups is 1. The molecular formula is C28H47IO3SSi. The third-order valence-electron chi connectivity index (χ3n) is 10.4. The largest absolute Gasteiger partial charge is 0.414 e. The first-order chi connectivity index (χ1) is 15.7. The van der Waals surface area contributed by atoms with Crippen molar-refractivity contribution in [1.29, 1.82) is 0 Å². The number of fused-ring (bicyclic) bond motifs is 1.